The molecule has 0 aromatic carbocycles. The van der Waals surface area contributed by atoms with Crippen LogP contribution >= 0.6 is 0 Å². The van der Waals surface area contributed by atoms with E-state index in [4.69, 9.17) is 9.72 Å². The molecule has 4 rings (SSSR count). The van der Waals surface area contributed by atoms with Gasteiger partial charge in [0.05, 0.1) is 6.61 Å². The molecule has 1 unspecified atom stereocenters. The van der Waals surface area contributed by atoms with E-state index in [0.717, 1.165) is 48.7 Å². The zero-order valence-corrected chi connectivity index (χ0v) is 11.6. The van der Waals surface area contributed by atoms with Crippen LogP contribution in [0.25, 0.3) is 22.6 Å². The number of imidazole rings is 1. The summed E-state index contributed by atoms with van der Waals surface area (Å²) in [6, 6.07) is 7.90. The predicted molar refractivity (Wildman–Crippen MR) is 79.7 cm³/mol. The lowest BCUT2D eigenvalue weighted by molar-refractivity contribution is 0.183. The average molecular weight is 280 g/mol. The summed E-state index contributed by atoms with van der Waals surface area (Å²) >= 11 is 0. The van der Waals surface area contributed by atoms with E-state index in [9.17, 15) is 0 Å². The summed E-state index contributed by atoms with van der Waals surface area (Å²) in [6.07, 6.45) is 6.54. The maximum atomic E-state index is 5.50. The topological polar surface area (TPSA) is 52.8 Å². The fourth-order valence-corrected chi connectivity index (χ4v) is 2.83. The van der Waals surface area contributed by atoms with Crippen molar-refractivity contribution in [3.63, 3.8) is 0 Å². The van der Waals surface area contributed by atoms with Crippen LogP contribution in [-0.4, -0.2) is 32.7 Å². The Kier molecular flexibility index (Phi) is 3.12. The molecular weight excluding hydrogens is 264 g/mol. The summed E-state index contributed by atoms with van der Waals surface area (Å²) in [4.78, 5) is 13.5. The Morgan fingerprint density at radius 1 is 1.24 bits per heavy atom. The van der Waals surface area contributed by atoms with Gasteiger partial charge in [0.15, 0.2) is 5.65 Å². The van der Waals surface area contributed by atoms with Crippen LogP contribution < -0.4 is 0 Å². The SMILES string of the molecule is c1cncc(-c2nc3cccnc3n2CC2CCOC2)c1. The van der Waals surface area contributed by atoms with Crippen molar-refractivity contribution in [1.82, 2.24) is 19.5 Å². The van der Waals surface area contributed by atoms with Crippen LogP contribution in [0.15, 0.2) is 42.9 Å². The first-order valence-electron chi connectivity index (χ1n) is 7.21. The molecule has 1 aliphatic rings. The molecule has 4 heterocycles. The van der Waals surface area contributed by atoms with Crippen LogP contribution in [0.5, 0.6) is 0 Å². The summed E-state index contributed by atoms with van der Waals surface area (Å²) in [5.74, 6) is 1.46. The monoisotopic (exact) mass is 280 g/mol. The molecule has 1 atom stereocenters. The Labute approximate surface area is 122 Å². The van der Waals surface area contributed by atoms with Gasteiger partial charge in [-0.05, 0) is 30.7 Å². The zero-order valence-electron chi connectivity index (χ0n) is 11.6. The smallest absolute Gasteiger partial charge is 0.160 e. The van der Waals surface area contributed by atoms with Gasteiger partial charge in [-0.1, -0.05) is 0 Å². The Hall–Kier alpha value is -2.27. The van der Waals surface area contributed by atoms with Crippen molar-refractivity contribution in [3.05, 3.63) is 42.9 Å². The van der Waals surface area contributed by atoms with Gasteiger partial charge in [0.1, 0.15) is 11.3 Å². The highest BCUT2D eigenvalue weighted by atomic mass is 16.5. The van der Waals surface area contributed by atoms with Gasteiger partial charge in [-0.2, -0.15) is 0 Å². The van der Waals surface area contributed by atoms with E-state index in [0.29, 0.717) is 5.92 Å². The lowest BCUT2D eigenvalue weighted by atomic mass is 10.1. The van der Waals surface area contributed by atoms with Gasteiger partial charge >= 0.3 is 0 Å². The van der Waals surface area contributed by atoms with Crippen molar-refractivity contribution in [1.29, 1.82) is 0 Å². The number of rotatable bonds is 3. The third kappa shape index (κ3) is 2.29. The second-order valence-electron chi connectivity index (χ2n) is 5.36. The summed E-state index contributed by atoms with van der Waals surface area (Å²) in [5, 5.41) is 0. The van der Waals surface area contributed by atoms with E-state index in [1.165, 1.54) is 0 Å². The van der Waals surface area contributed by atoms with E-state index in [1.807, 2.05) is 36.7 Å². The maximum Gasteiger partial charge on any atom is 0.160 e. The van der Waals surface area contributed by atoms with Crippen molar-refractivity contribution in [2.24, 2.45) is 5.92 Å². The van der Waals surface area contributed by atoms with Crippen molar-refractivity contribution < 1.29 is 4.74 Å². The summed E-state index contributed by atoms with van der Waals surface area (Å²) in [6.45, 7) is 2.56. The minimum atomic E-state index is 0.528. The van der Waals surface area contributed by atoms with Crippen molar-refractivity contribution in [2.75, 3.05) is 13.2 Å². The third-order valence-electron chi connectivity index (χ3n) is 3.89. The van der Waals surface area contributed by atoms with Crippen LogP contribution in [0.2, 0.25) is 0 Å². The number of nitrogens with zero attached hydrogens (tertiary/aromatic N) is 4. The van der Waals surface area contributed by atoms with Gasteiger partial charge in [-0.3, -0.25) is 4.98 Å². The Morgan fingerprint density at radius 3 is 3.00 bits per heavy atom. The number of fused-ring (bicyclic) bond motifs is 1. The fourth-order valence-electron chi connectivity index (χ4n) is 2.83. The van der Waals surface area contributed by atoms with Crippen molar-refractivity contribution >= 4 is 11.2 Å². The lowest BCUT2D eigenvalue weighted by Crippen LogP contribution is -2.12. The quantitative estimate of drug-likeness (QED) is 0.740. The first-order chi connectivity index (χ1) is 10.4. The summed E-state index contributed by atoms with van der Waals surface area (Å²) < 4.78 is 7.70. The highest BCUT2D eigenvalue weighted by Crippen LogP contribution is 2.26. The molecule has 5 nitrogen and oxygen atoms in total. The first-order valence-corrected chi connectivity index (χ1v) is 7.21. The van der Waals surface area contributed by atoms with Gasteiger partial charge in [-0.15, -0.1) is 0 Å². The molecule has 106 valence electrons. The molecule has 5 heteroatoms. The number of ether oxygens (including phenoxy) is 1. The average Bonchev–Trinajstić information content (AvgIpc) is 3.17. The van der Waals surface area contributed by atoms with Crippen LogP contribution in [0, 0.1) is 5.92 Å². The summed E-state index contributed by atoms with van der Waals surface area (Å²) in [7, 11) is 0. The Balaban J connectivity index is 1.84. The molecule has 0 N–H and O–H groups in total. The molecule has 1 aliphatic heterocycles. The predicted octanol–water partition coefficient (Wildman–Crippen LogP) is 2.53. The minimum absolute atomic E-state index is 0.528. The van der Waals surface area contributed by atoms with Gasteiger partial charge in [0.25, 0.3) is 0 Å². The highest BCUT2D eigenvalue weighted by Gasteiger charge is 2.20. The molecule has 1 fully saturated rings. The molecule has 0 radical (unpaired) electrons. The van der Waals surface area contributed by atoms with E-state index in [1.54, 1.807) is 6.20 Å². The maximum absolute atomic E-state index is 5.50. The van der Waals surface area contributed by atoms with Gasteiger partial charge in [-0.25, -0.2) is 9.97 Å². The van der Waals surface area contributed by atoms with E-state index in [2.05, 4.69) is 14.5 Å². The molecule has 0 saturated carbocycles. The molecular formula is C16H16N4O. The Morgan fingerprint density at radius 2 is 2.19 bits per heavy atom. The minimum Gasteiger partial charge on any atom is -0.381 e. The molecule has 3 aromatic rings. The number of pyridine rings is 2. The van der Waals surface area contributed by atoms with Crippen LogP contribution in [0.3, 0.4) is 0 Å². The van der Waals surface area contributed by atoms with Gasteiger partial charge in [0.2, 0.25) is 0 Å². The molecule has 3 aromatic heterocycles. The van der Waals surface area contributed by atoms with Crippen molar-refractivity contribution in [2.45, 2.75) is 13.0 Å². The number of hydrogen-bond donors (Lipinski definition) is 0. The highest BCUT2D eigenvalue weighted by molar-refractivity contribution is 5.76. The van der Waals surface area contributed by atoms with Gasteiger partial charge < -0.3 is 9.30 Å². The molecule has 0 bridgehead atoms. The van der Waals surface area contributed by atoms with E-state index in [-0.39, 0.29) is 0 Å². The number of hydrogen-bond acceptors (Lipinski definition) is 4. The molecule has 0 spiro atoms. The third-order valence-corrected chi connectivity index (χ3v) is 3.89. The second-order valence-corrected chi connectivity index (χ2v) is 5.36. The molecule has 1 saturated heterocycles. The zero-order chi connectivity index (χ0) is 14.1. The molecule has 0 aliphatic carbocycles. The second kappa shape index (κ2) is 5.26. The standard InChI is InChI=1S/C16H16N4O/c1-3-13(9-17-6-1)15-19-14-4-2-7-18-16(14)20(15)10-12-5-8-21-11-12/h1-4,6-7,9,12H,5,8,10-11H2. The van der Waals surface area contributed by atoms with Crippen LogP contribution in [0.1, 0.15) is 6.42 Å². The first kappa shape index (κ1) is 12.5. The molecule has 21 heavy (non-hydrogen) atoms. The largest absolute Gasteiger partial charge is 0.381 e. The summed E-state index contributed by atoms with van der Waals surface area (Å²) in [5.41, 5.74) is 2.88. The van der Waals surface area contributed by atoms with Gasteiger partial charge in [0, 0.05) is 43.2 Å². The van der Waals surface area contributed by atoms with Crippen molar-refractivity contribution in [3.8, 4) is 11.4 Å². The van der Waals surface area contributed by atoms with E-state index >= 15 is 0 Å². The molecule has 0 amide bonds. The van der Waals surface area contributed by atoms with Crippen LogP contribution in [-0.2, 0) is 11.3 Å². The van der Waals surface area contributed by atoms with Crippen LogP contribution in [0.4, 0.5) is 0 Å². The Bertz CT molecular complexity index is 747. The van der Waals surface area contributed by atoms with E-state index < -0.39 is 0 Å². The normalized spacial score (nSPS) is 18.4. The number of aromatic nitrogens is 4. The lowest BCUT2D eigenvalue weighted by Gasteiger charge is -2.12. The fraction of sp³-hybridized carbons (Fsp3) is 0.312.